The molecule has 2 atom stereocenters. The second-order valence-electron chi connectivity index (χ2n) is 8.39. The van der Waals surface area contributed by atoms with Crippen LogP contribution in [0.25, 0.3) is 0 Å². The molecule has 0 bridgehead atoms. The lowest BCUT2D eigenvalue weighted by atomic mass is 10.0. The lowest BCUT2D eigenvalue weighted by Crippen LogP contribution is -2.53. The summed E-state index contributed by atoms with van der Waals surface area (Å²) in [6.45, 7) is 4.01. The third-order valence-electron chi connectivity index (χ3n) is 5.71. The van der Waals surface area contributed by atoms with E-state index in [4.69, 9.17) is 16.3 Å². The van der Waals surface area contributed by atoms with Gasteiger partial charge in [-0.15, -0.1) is 0 Å². The van der Waals surface area contributed by atoms with Gasteiger partial charge in [0.25, 0.3) is 5.91 Å². The molecule has 0 saturated heterocycles. The van der Waals surface area contributed by atoms with Gasteiger partial charge in [-0.1, -0.05) is 95.1 Å². The number of carbonyl (C=O) groups excluding carboxylic acids is 2. The van der Waals surface area contributed by atoms with Crippen LogP contribution >= 0.6 is 27.5 Å². The maximum absolute atomic E-state index is 13.6. The third-order valence-corrected chi connectivity index (χ3v) is 6.50. The average molecular weight is 558 g/mol. The highest BCUT2D eigenvalue weighted by Gasteiger charge is 2.31. The molecular formula is C28H30BrClN2O3. The first kappa shape index (κ1) is 26.8. The van der Waals surface area contributed by atoms with Crippen LogP contribution in [0.1, 0.15) is 31.4 Å². The van der Waals surface area contributed by atoms with Gasteiger partial charge in [0.15, 0.2) is 6.61 Å². The van der Waals surface area contributed by atoms with E-state index in [2.05, 4.69) is 21.2 Å². The smallest absolute Gasteiger partial charge is 0.261 e. The first-order valence-electron chi connectivity index (χ1n) is 11.6. The fourth-order valence-corrected chi connectivity index (χ4v) is 4.32. The Kier molecular flexibility index (Phi) is 10.2. The van der Waals surface area contributed by atoms with Crippen LogP contribution in [-0.2, 0) is 22.6 Å². The highest BCUT2D eigenvalue weighted by Crippen LogP contribution is 2.28. The van der Waals surface area contributed by atoms with E-state index in [1.54, 1.807) is 23.1 Å². The number of hydrogen-bond donors (Lipinski definition) is 1. The number of halogens is 2. The van der Waals surface area contributed by atoms with Crippen molar-refractivity contribution in [1.29, 1.82) is 0 Å². The monoisotopic (exact) mass is 556 g/mol. The molecule has 7 heteroatoms. The Bertz CT molecular complexity index is 1110. The molecular weight excluding hydrogens is 528 g/mol. The van der Waals surface area contributed by atoms with E-state index in [0.717, 1.165) is 22.0 Å². The van der Waals surface area contributed by atoms with Crippen molar-refractivity contribution in [3.05, 3.63) is 99.5 Å². The van der Waals surface area contributed by atoms with Crippen LogP contribution in [0.3, 0.4) is 0 Å². The Hall–Kier alpha value is -2.83. The van der Waals surface area contributed by atoms with Crippen LogP contribution in [0.2, 0.25) is 5.02 Å². The summed E-state index contributed by atoms with van der Waals surface area (Å²) >= 11 is 9.64. The molecule has 5 nitrogen and oxygen atoms in total. The largest absolute Gasteiger partial charge is 0.482 e. The minimum absolute atomic E-state index is 0.00715. The summed E-state index contributed by atoms with van der Waals surface area (Å²) < 4.78 is 6.60. The van der Waals surface area contributed by atoms with Crippen LogP contribution in [0, 0.1) is 0 Å². The van der Waals surface area contributed by atoms with Crippen LogP contribution in [0.4, 0.5) is 0 Å². The first-order valence-corrected chi connectivity index (χ1v) is 12.8. The minimum atomic E-state index is -0.705. The molecule has 0 heterocycles. The Morgan fingerprint density at radius 3 is 2.23 bits per heavy atom. The van der Waals surface area contributed by atoms with E-state index in [1.165, 1.54) is 0 Å². The molecule has 35 heavy (non-hydrogen) atoms. The lowest BCUT2D eigenvalue weighted by Gasteiger charge is -2.32. The zero-order valence-corrected chi connectivity index (χ0v) is 22.3. The molecule has 3 rings (SSSR count). The van der Waals surface area contributed by atoms with Crippen molar-refractivity contribution >= 4 is 39.3 Å². The van der Waals surface area contributed by atoms with Gasteiger partial charge in [0.05, 0.1) is 5.02 Å². The number of ether oxygens (including phenoxy) is 1. The van der Waals surface area contributed by atoms with Gasteiger partial charge in [-0.2, -0.15) is 0 Å². The van der Waals surface area contributed by atoms with Crippen molar-refractivity contribution < 1.29 is 14.3 Å². The summed E-state index contributed by atoms with van der Waals surface area (Å²) in [6.07, 6.45) is 1.18. The van der Waals surface area contributed by atoms with Gasteiger partial charge in [0.2, 0.25) is 5.91 Å². The molecule has 0 unspecified atom stereocenters. The van der Waals surface area contributed by atoms with Crippen molar-refractivity contribution in [2.45, 2.75) is 45.3 Å². The normalized spacial score (nSPS) is 12.5. The molecule has 0 aliphatic carbocycles. The van der Waals surface area contributed by atoms with Crippen molar-refractivity contribution in [3.63, 3.8) is 0 Å². The Morgan fingerprint density at radius 2 is 1.63 bits per heavy atom. The molecule has 184 valence electrons. The van der Waals surface area contributed by atoms with Crippen LogP contribution in [0.5, 0.6) is 5.75 Å². The van der Waals surface area contributed by atoms with Gasteiger partial charge in [0, 0.05) is 23.5 Å². The number of carbonyl (C=O) groups is 2. The molecule has 0 radical (unpaired) electrons. The van der Waals surface area contributed by atoms with Gasteiger partial charge in [-0.05, 0) is 42.7 Å². The Balaban J connectivity index is 1.90. The summed E-state index contributed by atoms with van der Waals surface area (Å²) in [7, 11) is 0. The second kappa shape index (κ2) is 13.3. The summed E-state index contributed by atoms with van der Waals surface area (Å²) in [5, 5.41) is 3.46. The molecule has 0 aliphatic heterocycles. The van der Waals surface area contributed by atoms with Crippen molar-refractivity contribution in [2.75, 3.05) is 6.61 Å². The maximum Gasteiger partial charge on any atom is 0.261 e. The fraction of sp³-hybridized carbons (Fsp3) is 0.286. The molecule has 0 aliphatic rings. The Labute approximate surface area is 220 Å². The molecule has 0 fully saturated rings. The fourth-order valence-electron chi connectivity index (χ4n) is 3.59. The van der Waals surface area contributed by atoms with Gasteiger partial charge in [-0.3, -0.25) is 9.59 Å². The highest BCUT2D eigenvalue weighted by atomic mass is 79.9. The quantitative estimate of drug-likeness (QED) is 0.313. The van der Waals surface area contributed by atoms with E-state index in [9.17, 15) is 9.59 Å². The molecule has 3 aromatic carbocycles. The zero-order valence-electron chi connectivity index (χ0n) is 19.9. The number of nitrogens with one attached hydrogen (secondary N) is 1. The average Bonchev–Trinajstić information content (AvgIpc) is 2.86. The molecule has 0 spiro atoms. The second-order valence-corrected chi connectivity index (χ2v) is 9.72. The van der Waals surface area contributed by atoms with Crippen LogP contribution < -0.4 is 10.1 Å². The summed E-state index contributed by atoms with van der Waals surface area (Å²) in [6, 6.07) is 23.9. The van der Waals surface area contributed by atoms with Gasteiger partial charge >= 0.3 is 0 Å². The third kappa shape index (κ3) is 8.11. The number of rotatable bonds is 11. The zero-order chi connectivity index (χ0) is 25.2. The number of hydrogen-bond acceptors (Lipinski definition) is 3. The van der Waals surface area contributed by atoms with Crippen LogP contribution in [-0.4, -0.2) is 35.4 Å². The van der Waals surface area contributed by atoms with E-state index < -0.39 is 6.04 Å². The first-order chi connectivity index (χ1) is 16.9. The summed E-state index contributed by atoms with van der Waals surface area (Å²) in [5.74, 6) is -0.0752. The molecule has 0 aromatic heterocycles. The highest BCUT2D eigenvalue weighted by molar-refractivity contribution is 9.10. The van der Waals surface area contributed by atoms with Gasteiger partial charge < -0.3 is 15.0 Å². The van der Waals surface area contributed by atoms with E-state index >= 15 is 0 Å². The Morgan fingerprint density at radius 1 is 1.00 bits per heavy atom. The number of nitrogens with zero attached hydrogens (tertiary/aromatic N) is 1. The van der Waals surface area contributed by atoms with Crippen molar-refractivity contribution in [2.24, 2.45) is 0 Å². The molecule has 2 amide bonds. The van der Waals surface area contributed by atoms with Crippen LogP contribution in [0.15, 0.2) is 83.3 Å². The van der Waals surface area contributed by atoms with E-state index in [-0.39, 0.29) is 31.0 Å². The number of amides is 2. The predicted molar refractivity (Wildman–Crippen MR) is 143 cm³/mol. The lowest BCUT2D eigenvalue weighted by molar-refractivity contribution is -0.143. The predicted octanol–water partition coefficient (Wildman–Crippen LogP) is 6.04. The molecule has 1 N–H and O–H groups in total. The minimum Gasteiger partial charge on any atom is -0.482 e. The van der Waals surface area contributed by atoms with Gasteiger partial charge in [0.1, 0.15) is 11.8 Å². The summed E-state index contributed by atoms with van der Waals surface area (Å²) in [4.78, 5) is 28.6. The van der Waals surface area contributed by atoms with Crippen molar-refractivity contribution in [3.8, 4) is 5.75 Å². The molecule has 0 saturated carbocycles. The topological polar surface area (TPSA) is 58.6 Å². The molecule has 3 aromatic rings. The van der Waals surface area contributed by atoms with E-state index in [0.29, 0.717) is 17.2 Å². The maximum atomic E-state index is 13.6. The number of benzene rings is 3. The standard InChI is InChI=1S/C28H30BrClN2O3/c1-3-20(2)31-28(34)25(16-21-10-6-4-7-11-21)32(18-22-12-8-5-9-13-22)27(33)19-35-26-15-14-23(29)17-24(26)30/h4-15,17,20,25H,3,16,18-19H2,1-2H3,(H,31,34)/t20-,25+/m0/s1. The van der Waals surface area contributed by atoms with Crippen molar-refractivity contribution in [1.82, 2.24) is 10.2 Å². The van der Waals surface area contributed by atoms with E-state index in [1.807, 2.05) is 74.5 Å². The van der Waals surface area contributed by atoms with Gasteiger partial charge in [-0.25, -0.2) is 0 Å². The SMILES string of the molecule is CC[C@H](C)NC(=O)[C@@H](Cc1ccccc1)N(Cc1ccccc1)C(=O)COc1ccc(Br)cc1Cl. The summed E-state index contributed by atoms with van der Waals surface area (Å²) in [5.41, 5.74) is 1.90.